The number of nitrogens with zero attached hydrogens (tertiary/aromatic N) is 2. The Morgan fingerprint density at radius 2 is 2.19 bits per heavy atom. The minimum absolute atomic E-state index is 0.239. The predicted molar refractivity (Wildman–Crippen MR) is 75.2 cm³/mol. The lowest BCUT2D eigenvalue weighted by molar-refractivity contribution is -0.140. The van der Waals surface area contributed by atoms with E-state index in [9.17, 15) is 13.2 Å². The zero-order valence-corrected chi connectivity index (χ0v) is 13.2. The minimum Gasteiger partial charge on any atom is -0.480 e. The highest BCUT2D eigenvalue weighted by atomic mass is 32.2. The number of aliphatic carboxylic acids is 1. The van der Waals surface area contributed by atoms with Crippen molar-refractivity contribution >= 4 is 16.0 Å². The average molecular weight is 316 g/mol. The van der Waals surface area contributed by atoms with Gasteiger partial charge in [-0.05, 0) is 12.8 Å². The summed E-state index contributed by atoms with van der Waals surface area (Å²) < 4.78 is 30.9. The Morgan fingerprint density at radius 3 is 2.71 bits per heavy atom. The maximum atomic E-state index is 12.4. The molecule has 8 heteroatoms. The Balaban J connectivity index is 2.18. The van der Waals surface area contributed by atoms with E-state index in [1.807, 2.05) is 20.8 Å². The molecule has 0 spiro atoms. The van der Waals surface area contributed by atoms with Crippen LogP contribution in [0.25, 0.3) is 0 Å². The first-order valence-electron chi connectivity index (χ1n) is 6.79. The lowest BCUT2D eigenvalue weighted by Gasteiger charge is -2.20. The fourth-order valence-electron chi connectivity index (χ4n) is 2.32. The topological polar surface area (TPSA) is 101 Å². The van der Waals surface area contributed by atoms with Gasteiger partial charge in [-0.3, -0.25) is 4.79 Å². The third-order valence-electron chi connectivity index (χ3n) is 3.47. The fraction of sp³-hybridized carbons (Fsp3) is 0.692. The molecule has 1 aliphatic heterocycles. The van der Waals surface area contributed by atoms with Gasteiger partial charge in [0.05, 0.1) is 0 Å². The molecule has 0 amide bonds. The Labute approximate surface area is 124 Å². The van der Waals surface area contributed by atoms with Crippen LogP contribution in [0, 0.1) is 0 Å². The van der Waals surface area contributed by atoms with Gasteiger partial charge in [0.15, 0.2) is 0 Å². The summed E-state index contributed by atoms with van der Waals surface area (Å²) in [6.07, 6.45) is 0.906. The summed E-state index contributed by atoms with van der Waals surface area (Å²) in [6.45, 7) is 6.05. The van der Waals surface area contributed by atoms with Crippen LogP contribution in [0.15, 0.2) is 10.6 Å². The second kappa shape index (κ2) is 5.42. The maximum absolute atomic E-state index is 12.4. The first-order valence-corrected chi connectivity index (χ1v) is 8.40. The van der Waals surface area contributed by atoms with Crippen molar-refractivity contribution in [1.29, 1.82) is 0 Å². The van der Waals surface area contributed by atoms with Crippen molar-refractivity contribution in [2.45, 2.75) is 50.8 Å². The molecule has 0 saturated carbocycles. The summed E-state index contributed by atoms with van der Waals surface area (Å²) in [5, 5.41) is 12.9. The van der Waals surface area contributed by atoms with E-state index in [0.29, 0.717) is 24.3 Å². The number of hydrogen-bond donors (Lipinski definition) is 1. The summed E-state index contributed by atoms with van der Waals surface area (Å²) >= 11 is 0. The van der Waals surface area contributed by atoms with Crippen molar-refractivity contribution in [2.75, 3.05) is 6.54 Å². The van der Waals surface area contributed by atoms with Gasteiger partial charge in [-0.15, -0.1) is 0 Å². The van der Waals surface area contributed by atoms with Gasteiger partial charge >= 0.3 is 5.97 Å². The van der Waals surface area contributed by atoms with E-state index in [0.717, 1.165) is 4.31 Å². The lowest BCUT2D eigenvalue weighted by atomic mass is 9.93. The van der Waals surface area contributed by atoms with Crippen LogP contribution in [0.2, 0.25) is 0 Å². The van der Waals surface area contributed by atoms with Gasteiger partial charge in [0.2, 0.25) is 10.0 Å². The number of carboxylic acids is 1. The molecule has 0 aromatic carbocycles. The molecule has 1 aromatic heterocycles. The first kappa shape index (κ1) is 16.0. The van der Waals surface area contributed by atoms with E-state index < -0.39 is 22.0 Å². The highest BCUT2D eigenvalue weighted by Crippen LogP contribution is 2.26. The number of rotatable bonds is 4. The molecule has 1 fully saturated rings. The molecule has 1 saturated heterocycles. The number of sulfonamides is 1. The zero-order valence-electron chi connectivity index (χ0n) is 12.4. The van der Waals surface area contributed by atoms with Gasteiger partial charge in [-0.2, -0.15) is 4.31 Å². The van der Waals surface area contributed by atoms with Gasteiger partial charge in [0.25, 0.3) is 0 Å². The van der Waals surface area contributed by atoms with Crippen LogP contribution in [-0.2, 0) is 26.0 Å². The number of aromatic nitrogens is 1. The van der Waals surface area contributed by atoms with E-state index in [-0.39, 0.29) is 17.7 Å². The smallest absolute Gasteiger partial charge is 0.322 e. The number of carbonyl (C=O) groups is 1. The van der Waals surface area contributed by atoms with Crippen LogP contribution in [0.5, 0.6) is 0 Å². The van der Waals surface area contributed by atoms with Crippen molar-refractivity contribution in [3.05, 3.63) is 17.5 Å². The summed E-state index contributed by atoms with van der Waals surface area (Å²) in [4.78, 5) is 11.1. The summed E-state index contributed by atoms with van der Waals surface area (Å²) in [6, 6.07) is 0.646. The number of hydrogen-bond acceptors (Lipinski definition) is 5. The van der Waals surface area contributed by atoms with Crippen molar-refractivity contribution in [3.63, 3.8) is 0 Å². The molecule has 2 rings (SSSR count). The first-order chi connectivity index (χ1) is 9.61. The second-order valence-corrected chi connectivity index (χ2v) is 8.22. The highest BCUT2D eigenvalue weighted by molar-refractivity contribution is 7.88. The molecule has 0 radical (unpaired) electrons. The standard InChI is InChI=1S/C13H20N2O5S/c1-13(2,3)11-7-9(14-20-11)8-21(18,19)15-6-4-5-10(15)12(16)17/h7,10H,4-6,8H2,1-3H3,(H,16,17)/t10-/m1/s1. The molecule has 1 atom stereocenters. The SMILES string of the molecule is CC(C)(C)c1cc(CS(=O)(=O)N2CCC[C@@H]2C(=O)O)no1. The summed E-state index contributed by atoms with van der Waals surface area (Å²) in [5.74, 6) is -0.841. The molecule has 7 nitrogen and oxygen atoms in total. The fourth-order valence-corrected chi connectivity index (χ4v) is 3.99. The Morgan fingerprint density at radius 1 is 1.52 bits per heavy atom. The normalized spacial score (nSPS) is 20.8. The molecule has 0 bridgehead atoms. The largest absolute Gasteiger partial charge is 0.480 e. The van der Waals surface area contributed by atoms with Gasteiger partial charge < -0.3 is 9.63 Å². The van der Waals surface area contributed by atoms with Crippen LogP contribution >= 0.6 is 0 Å². The zero-order chi connectivity index (χ0) is 15.8. The highest BCUT2D eigenvalue weighted by Gasteiger charge is 2.39. The molecular weight excluding hydrogens is 296 g/mol. The van der Waals surface area contributed by atoms with E-state index >= 15 is 0 Å². The molecule has 1 aliphatic rings. The monoisotopic (exact) mass is 316 g/mol. The lowest BCUT2D eigenvalue weighted by Crippen LogP contribution is -2.41. The molecular formula is C13H20N2O5S. The third kappa shape index (κ3) is 3.44. The van der Waals surface area contributed by atoms with Crippen molar-refractivity contribution < 1.29 is 22.8 Å². The molecule has 21 heavy (non-hydrogen) atoms. The van der Waals surface area contributed by atoms with Crippen molar-refractivity contribution in [2.24, 2.45) is 0 Å². The van der Waals surface area contributed by atoms with Gasteiger partial charge in [0, 0.05) is 18.0 Å². The second-order valence-electron chi connectivity index (χ2n) is 6.30. The maximum Gasteiger partial charge on any atom is 0.322 e. The van der Waals surface area contributed by atoms with Gasteiger partial charge in [-0.1, -0.05) is 25.9 Å². The summed E-state index contributed by atoms with van der Waals surface area (Å²) in [5.41, 5.74) is 0.0441. The molecule has 0 aliphatic carbocycles. The van der Waals surface area contributed by atoms with Crippen LogP contribution in [0.1, 0.15) is 45.1 Å². The van der Waals surface area contributed by atoms with Crippen LogP contribution in [0.3, 0.4) is 0 Å². The Bertz CT molecular complexity index is 629. The molecule has 0 unspecified atom stereocenters. The van der Waals surface area contributed by atoms with Crippen LogP contribution in [0.4, 0.5) is 0 Å². The van der Waals surface area contributed by atoms with E-state index in [2.05, 4.69) is 5.16 Å². The van der Waals surface area contributed by atoms with E-state index in [4.69, 9.17) is 9.63 Å². The molecule has 2 heterocycles. The van der Waals surface area contributed by atoms with Gasteiger partial charge in [0.1, 0.15) is 23.2 Å². The van der Waals surface area contributed by atoms with Gasteiger partial charge in [-0.25, -0.2) is 8.42 Å². The average Bonchev–Trinajstić information content (AvgIpc) is 2.93. The minimum atomic E-state index is -3.71. The van der Waals surface area contributed by atoms with E-state index in [1.54, 1.807) is 6.07 Å². The number of carboxylic acid groups (broad SMARTS) is 1. The Hall–Kier alpha value is -1.41. The predicted octanol–water partition coefficient (Wildman–Crippen LogP) is 1.35. The van der Waals surface area contributed by atoms with Crippen molar-refractivity contribution in [3.8, 4) is 0 Å². The molecule has 1 aromatic rings. The van der Waals surface area contributed by atoms with Crippen molar-refractivity contribution in [1.82, 2.24) is 9.46 Å². The quantitative estimate of drug-likeness (QED) is 0.900. The molecule has 1 N–H and O–H groups in total. The van der Waals surface area contributed by atoms with Crippen LogP contribution in [-0.4, -0.2) is 41.5 Å². The van der Waals surface area contributed by atoms with Crippen LogP contribution < -0.4 is 0 Å². The Kier molecular flexibility index (Phi) is 4.12. The molecule has 118 valence electrons. The third-order valence-corrected chi connectivity index (χ3v) is 5.29. The summed E-state index contributed by atoms with van der Waals surface area (Å²) in [7, 11) is -3.71. The van der Waals surface area contributed by atoms with E-state index in [1.165, 1.54) is 0 Å².